The van der Waals surface area contributed by atoms with Crippen molar-refractivity contribution in [3.8, 4) is 11.3 Å². The van der Waals surface area contributed by atoms with Gasteiger partial charge < -0.3 is 0 Å². The van der Waals surface area contributed by atoms with Gasteiger partial charge in [0.15, 0.2) is 0 Å². The molecule has 0 aliphatic carbocycles. The fourth-order valence-corrected chi connectivity index (χ4v) is 3.40. The molecule has 0 saturated carbocycles. The average Bonchev–Trinajstić information content (AvgIpc) is 2.57. The van der Waals surface area contributed by atoms with Crippen molar-refractivity contribution in [2.24, 2.45) is 0 Å². The van der Waals surface area contributed by atoms with E-state index in [-0.39, 0.29) is 9.79 Å². The highest BCUT2D eigenvalue weighted by molar-refractivity contribution is 7.91. The molecule has 0 fully saturated rings. The minimum absolute atomic E-state index is 0.0747. The van der Waals surface area contributed by atoms with E-state index in [0.717, 1.165) is 5.56 Å². The number of sulfone groups is 1. The van der Waals surface area contributed by atoms with Crippen LogP contribution in [0.1, 0.15) is 0 Å². The van der Waals surface area contributed by atoms with Crippen molar-refractivity contribution in [2.45, 2.75) is 9.79 Å². The minimum Gasteiger partial charge on any atom is -0.267 e. The molecule has 0 amide bonds. The zero-order valence-electron chi connectivity index (χ0n) is 11.4. The molecule has 2 aromatic carbocycles. The third-order valence-electron chi connectivity index (χ3n) is 3.18. The lowest BCUT2D eigenvalue weighted by atomic mass is 10.1. The summed E-state index contributed by atoms with van der Waals surface area (Å²) in [5.74, 6) is 0. The summed E-state index contributed by atoms with van der Waals surface area (Å²) in [6.07, 6.45) is 0. The van der Waals surface area contributed by atoms with E-state index in [2.05, 4.69) is 10.2 Å². The number of H-pyrrole nitrogens is 1. The van der Waals surface area contributed by atoms with E-state index in [0.29, 0.717) is 5.69 Å². The summed E-state index contributed by atoms with van der Waals surface area (Å²) < 4.78 is 25.2. The molecule has 0 aliphatic heterocycles. The van der Waals surface area contributed by atoms with Gasteiger partial charge >= 0.3 is 0 Å². The second kappa shape index (κ2) is 5.57. The number of rotatable bonds is 3. The van der Waals surface area contributed by atoms with Crippen LogP contribution in [0.3, 0.4) is 0 Å². The second-order valence-electron chi connectivity index (χ2n) is 4.63. The van der Waals surface area contributed by atoms with E-state index in [1.165, 1.54) is 18.2 Å². The molecule has 0 bridgehead atoms. The molecular weight excluding hydrogens is 300 g/mol. The number of hydrogen-bond acceptors (Lipinski definition) is 4. The van der Waals surface area contributed by atoms with Gasteiger partial charge in [-0.3, -0.25) is 4.79 Å². The standard InChI is InChI=1S/C16H12N2O3S/c19-16-15(22(20,21)13-9-5-2-6-10-13)11-14(17-18-16)12-7-3-1-4-8-12/h1-11H,(H,18,19). The van der Waals surface area contributed by atoms with Crippen LogP contribution < -0.4 is 5.56 Å². The van der Waals surface area contributed by atoms with Gasteiger partial charge in [0, 0.05) is 5.56 Å². The maximum Gasteiger partial charge on any atom is 0.283 e. The number of nitrogens with one attached hydrogen (secondary N) is 1. The Labute approximate surface area is 127 Å². The summed E-state index contributed by atoms with van der Waals surface area (Å²) in [6, 6.07) is 18.2. The zero-order chi connectivity index (χ0) is 15.6. The molecule has 0 atom stereocenters. The molecule has 6 heteroatoms. The lowest BCUT2D eigenvalue weighted by Crippen LogP contribution is -2.19. The molecule has 1 N–H and O–H groups in total. The molecule has 3 aromatic rings. The van der Waals surface area contributed by atoms with Crippen molar-refractivity contribution < 1.29 is 8.42 Å². The molecule has 0 radical (unpaired) electrons. The molecule has 3 rings (SSSR count). The third kappa shape index (κ3) is 2.56. The first kappa shape index (κ1) is 14.2. The summed E-state index contributed by atoms with van der Waals surface area (Å²) in [4.78, 5) is 11.7. The highest BCUT2D eigenvalue weighted by Crippen LogP contribution is 2.21. The van der Waals surface area contributed by atoms with Crippen LogP contribution in [-0.4, -0.2) is 18.6 Å². The number of aromatic amines is 1. The lowest BCUT2D eigenvalue weighted by molar-refractivity contribution is 0.594. The van der Waals surface area contributed by atoms with Gasteiger partial charge in [-0.2, -0.15) is 5.10 Å². The van der Waals surface area contributed by atoms with E-state index in [9.17, 15) is 13.2 Å². The topological polar surface area (TPSA) is 79.9 Å². The van der Waals surface area contributed by atoms with Crippen LogP contribution in [0.15, 0.2) is 81.3 Å². The van der Waals surface area contributed by atoms with E-state index < -0.39 is 15.4 Å². The predicted octanol–water partition coefficient (Wildman–Crippen LogP) is 2.27. The van der Waals surface area contributed by atoms with Gasteiger partial charge in [-0.1, -0.05) is 48.5 Å². The SMILES string of the molecule is O=c1[nH]nc(-c2ccccc2)cc1S(=O)(=O)c1ccccc1. The van der Waals surface area contributed by atoms with E-state index in [4.69, 9.17) is 0 Å². The summed E-state index contributed by atoms with van der Waals surface area (Å²) in [7, 11) is -3.88. The highest BCUT2D eigenvalue weighted by Gasteiger charge is 2.22. The van der Waals surface area contributed by atoms with E-state index in [1.54, 1.807) is 30.3 Å². The van der Waals surface area contributed by atoms with Gasteiger partial charge in [0.25, 0.3) is 5.56 Å². The van der Waals surface area contributed by atoms with Crippen LogP contribution in [0, 0.1) is 0 Å². The van der Waals surface area contributed by atoms with Crippen molar-refractivity contribution in [3.63, 3.8) is 0 Å². The lowest BCUT2D eigenvalue weighted by Gasteiger charge is -2.05. The first-order chi connectivity index (χ1) is 10.6. The maximum absolute atomic E-state index is 12.6. The Balaban J connectivity index is 2.18. The fourth-order valence-electron chi connectivity index (χ4n) is 2.07. The Morgan fingerprint density at radius 2 is 1.45 bits per heavy atom. The Morgan fingerprint density at radius 3 is 2.09 bits per heavy atom. The summed E-state index contributed by atoms with van der Waals surface area (Å²) >= 11 is 0. The minimum atomic E-state index is -3.88. The van der Waals surface area contributed by atoms with Crippen LogP contribution in [-0.2, 0) is 9.84 Å². The van der Waals surface area contributed by atoms with Gasteiger partial charge in [0.2, 0.25) is 9.84 Å². The maximum atomic E-state index is 12.6. The molecule has 0 spiro atoms. The van der Waals surface area contributed by atoms with Gasteiger partial charge in [0.1, 0.15) is 4.90 Å². The van der Waals surface area contributed by atoms with Crippen LogP contribution >= 0.6 is 0 Å². The highest BCUT2D eigenvalue weighted by atomic mass is 32.2. The normalized spacial score (nSPS) is 11.3. The Kier molecular flexibility index (Phi) is 3.60. The Morgan fingerprint density at radius 1 is 0.864 bits per heavy atom. The predicted molar refractivity (Wildman–Crippen MR) is 82.2 cm³/mol. The summed E-state index contributed by atoms with van der Waals surface area (Å²) in [5.41, 5.74) is 0.390. The van der Waals surface area contributed by atoms with Crippen molar-refractivity contribution in [1.29, 1.82) is 0 Å². The molecule has 110 valence electrons. The molecule has 0 unspecified atom stereocenters. The number of aromatic nitrogens is 2. The van der Waals surface area contributed by atoms with E-state index >= 15 is 0 Å². The quantitative estimate of drug-likeness (QED) is 0.804. The van der Waals surface area contributed by atoms with Crippen LogP contribution in [0.4, 0.5) is 0 Å². The first-order valence-corrected chi connectivity index (χ1v) is 8.02. The average molecular weight is 312 g/mol. The van der Waals surface area contributed by atoms with Crippen LogP contribution in [0.25, 0.3) is 11.3 Å². The van der Waals surface area contributed by atoms with Gasteiger partial charge in [-0.05, 0) is 18.2 Å². The Hall–Kier alpha value is -2.73. The first-order valence-electron chi connectivity index (χ1n) is 6.54. The molecule has 0 aliphatic rings. The van der Waals surface area contributed by atoms with Crippen molar-refractivity contribution in [3.05, 3.63) is 77.1 Å². The van der Waals surface area contributed by atoms with Crippen molar-refractivity contribution in [2.75, 3.05) is 0 Å². The molecular formula is C16H12N2O3S. The van der Waals surface area contributed by atoms with Crippen LogP contribution in [0.5, 0.6) is 0 Å². The fraction of sp³-hybridized carbons (Fsp3) is 0. The smallest absolute Gasteiger partial charge is 0.267 e. The van der Waals surface area contributed by atoms with Crippen molar-refractivity contribution in [1.82, 2.24) is 10.2 Å². The number of benzene rings is 2. The monoisotopic (exact) mass is 312 g/mol. The van der Waals surface area contributed by atoms with E-state index in [1.807, 2.05) is 18.2 Å². The van der Waals surface area contributed by atoms with Gasteiger partial charge in [0.05, 0.1) is 10.6 Å². The molecule has 22 heavy (non-hydrogen) atoms. The molecule has 0 saturated heterocycles. The van der Waals surface area contributed by atoms with Crippen LogP contribution in [0.2, 0.25) is 0 Å². The number of hydrogen-bond donors (Lipinski definition) is 1. The van der Waals surface area contributed by atoms with Gasteiger partial charge in [-0.15, -0.1) is 0 Å². The molecule has 1 aromatic heterocycles. The largest absolute Gasteiger partial charge is 0.283 e. The Bertz CT molecular complexity index is 949. The van der Waals surface area contributed by atoms with Gasteiger partial charge in [-0.25, -0.2) is 13.5 Å². The molecule has 1 heterocycles. The van der Waals surface area contributed by atoms with Crippen molar-refractivity contribution >= 4 is 9.84 Å². The summed E-state index contributed by atoms with van der Waals surface area (Å²) in [5, 5.41) is 6.17. The zero-order valence-corrected chi connectivity index (χ0v) is 12.2. The number of nitrogens with zero attached hydrogens (tertiary/aromatic N) is 1. The molecule has 5 nitrogen and oxygen atoms in total. The third-order valence-corrected chi connectivity index (χ3v) is 4.96. The second-order valence-corrected chi connectivity index (χ2v) is 6.55. The summed E-state index contributed by atoms with van der Waals surface area (Å²) in [6.45, 7) is 0.